The largest absolute Gasteiger partial charge is 0.494 e. The molecule has 0 N–H and O–H groups in total. The van der Waals surface area contributed by atoms with Crippen LogP contribution >= 0.6 is 0 Å². The zero-order valence-corrected chi connectivity index (χ0v) is 12.5. The highest BCUT2D eigenvalue weighted by molar-refractivity contribution is 5.86. The maximum Gasteiger partial charge on any atom is 0.270 e. The number of benzene rings is 2. The molecule has 0 atom stereocenters. The first kappa shape index (κ1) is 14.7. The molecule has 2 aromatic carbocycles. The fraction of sp³-hybridized carbons (Fsp3) is 0.0556. The normalized spacial score (nSPS) is 11.0. The highest BCUT2D eigenvalue weighted by Crippen LogP contribution is 2.24. The first-order chi connectivity index (χ1) is 11.2. The van der Waals surface area contributed by atoms with Gasteiger partial charge in [0.2, 0.25) is 0 Å². The molecular weight excluding hydrogens is 292 g/mol. The van der Waals surface area contributed by atoms with E-state index < -0.39 is 4.92 Å². The Kier molecular flexibility index (Phi) is 4.01. The molecule has 0 aliphatic rings. The molecule has 3 rings (SSSR count). The number of nitro groups is 1. The van der Waals surface area contributed by atoms with Crippen LogP contribution in [0.5, 0.6) is 5.75 Å². The lowest BCUT2D eigenvalue weighted by atomic mass is 10.1. The number of para-hydroxylation sites is 1. The molecule has 0 spiro atoms. The summed E-state index contributed by atoms with van der Waals surface area (Å²) >= 11 is 0. The minimum atomic E-state index is -0.406. The maximum absolute atomic E-state index is 10.8. The number of nitrogens with zero attached hydrogens (tertiary/aromatic N) is 2. The number of pyridine rings is 1. The first-order valence-corrected chi connectivity index (χ1v) is 7.04. The number of nitro benzene ring substituents is 1. The number of ether oxygens (including phenoxy) is 1. The molecule has 0 saturated carbocycles. The lowest BCUT2D eigenvalue weighted by Crippen LogP contribution is -1.89. The summed E-state index contributed by atoms with van der Waals surface area (Å²) in [6.45, 7) is 0. The van der Waals surface area contributed by atoms with Crippen LogP contribution in [0.15, 0.2) is 54.6 Å². The van der Waals surface area contributed by atoms with Crippen LogP contribution in [0.25, 0.3) is 23.1 Å². The number of methoxy groups -OCH3 is 1. The number of fused-ring (bicyclic) bond motifs is 1. The van der Waals surface area contributed by atoms with E-state index in [0.29, 0.717) is 5.75 Å². The molecular formula is C18H14N2O3. The van der Waals surface area contributed by atoms with Crippen molar-refractivity contribution in [3.8, 4) is 5.75 Å². The molecule has 5 nitrogen and oxygen atoms in total. The molecule has 0 unspecified atom stereocenters. The SMILES string of the molecule is COc1cccc2ccc(C=Cc3cccc([N+](=O)[O-])c3)nc12. The Labute approximate surface area is 133 Å². The van der Waals surface area contributed by atoms with Gasteiger partial charge in [0.05, 0.1) is 17.7 Å². The van der Waals surface area contributed by atoms with Gasteiger partial charge in [-0.2, -0.15) is 0 Å². The first-order valence-electron chi connectivity index (χ1n) is 7.04. The summed E-state index contributed by atoms with van der Waals surface area (Å²) in [5.41, 5.74) is 2.37. The second-order valence-electron chi connectivity index (χ2n) is 4.95. The van der Waals surface area contributed by atoms with Gasteiger partial charge in [0, 0.05) is 17.5 Å². The monoisotopic (exact) mass is 306 g/mol. The van der Waals surface area contributed by atoms with Gasteiger partial charge < -0.3 is 4.74 Å². The van der Waals surface area contributed by atoms with Gasteiger partial charge in [-0.15, -0.1) is 0 Å². The second-order valence-corrected chi connectivity index (χ2v) is 4.95. The van der Waals surface area contributed by atoms with Gasteiger partial charge in [0.1, 0.15) is 11.3 Å². The summed E-state index contributed by atoms with van der Waals surface area (Å²) in [5.74, 6) is 0.716. The van der Waals surface area contributed by atoms with Crippen LogP contribution in [0, 0.1) is 10.1 Å². The summed E-state index contributed by atoms with van der Waals surface area (Å²) in [6.07, 6.45) is 3.63. The molecule has 23 heavy (non-hydrogen) atoms. The minimum Gasteiger partial charge on any atom is -0.494 e. The number of hydrogen-bond donors (Lipinski definition) is 0. The van der Waals surface area contributed by atoms with E-state index in [4.69, 9.17) is 4.74 Å². The lowest BCUT2D eigenvalue weighted by Gasteiger charge is -2.05. The average molecular weight is 306 g/mol. The van der Waals surface area contributed by atoms with E-state index in [1.807, 2.05) is 42.5 Å². The Hall–Kier alpha value is -3.21. The Morgan fingerprint density at radius 2 is 1.91 bits per heavy atom. The van der Waals surface area contributed by atoms with E-state index in [1.165, 1.54) is 12.1 Å². The molecule has 0 radical (unpaired) electrons. The Balaban J connectivity index is 1.95. The fourth-order valence-corrected chi connectivity index (χ4v) is 2.32. The van der Waals surface area contributed by atoms with Crippen molar-refractivity contribution in [3.63, 3.8) is 0 Å². The van der Waals surface area contributed by atoms with Gasteiger partial charge in [-0.05, 0) is 23.8 Å². The molecule has 5 heteroatoms. The van der Waals surface area contributed by atoms with Crippen LogP contribution in [0.2, 0.25) is 0 Å². The van der Waals surface area contributed by atoms with Crippen molar-refractivity contribution in [2.45, 2.75) is 0 Å². The number of hydrogen-bond acceptors (Lipinski definition) is 4. The molecule has 0 fully saturated rings. The van der Waals surface area contributed by atoms with Gasteiger partial charge in [-0.25, -0.2) is 4.98 Å². The van der Waals surface area contributed by atoms with Crippen molar-refractivity contribution in [1.29, 1.82) is 0 Å². The van der Waals surface area contributed by atoms with Gasteiger partial charge >= 0.3 is 0 Å². The van der Waals surface area contributed by atoms with Crippen LogP contribution in [0.1, 0.15) is 11.3 Å². The van der Waals surface area contributed by atoms with Crippen molar-refractivity contribution in [1.82, 2.24) is 4.98 Å². The smallest absolute Gasteiger partial charge is 0.270 e. The minimum absolute atomic E-state index is 0.0697. The Morgan fingerprint density at radius 1 is 1.09 bits per heavy atom. The molecule has 1 heterocycles. The van der Waals surface area contributed by atoms with E-state index in [2.05, 4.69) is 4.98 Å². The Bertz CT molecular complexity index is 904. The van der Waals surface area contributed by atoms with E-state index in [0.717, 1.165) is 22.2 Å². The van der Waals surface area contributed by atoms with Crippen molar-refractivity contribution in [2.24, 2.45) is 0 Å². The lowest BCUT2D eigenvalue weighted by molar-refractivity contribution is -0.384. The highest BCUT2D eigenvalue weighted by Gasteiger charge is 2.05. The summed E-state index contributed by atoms with van der Waals surface area (Å²) in [5, 5.41) is 11.8. The fourth-order valence-electron chi connectivity index (χ4n) is 2.32. The third kappa shape index (κ3) is 3.18. The number of aromatic nitrogens is 1. The standard InChI is InChI=1S/C18H14N2O3/c1-23-17-7-3-5-14-9-11-15(19-18(14)17)10-8-13-4-2-6-16(12-13)20(21)22/h2-12H,1H3. The van der Waals surface area contributed by atoms with Crippen LogP contribution in [-0.4, -0.2) is 17.0 Å². The second kappa shape index (κ2) is 6.27. The van der Waals surface area contributed by atoms with Crippen LogP contribution in [0.4, 0.5) is 5.69 Å². The highest BCUT2D eigenvalue weighted by atomic mass is 16.6. The third-order valence-corrected chi connectivity index (χ3v) is 3.45. The Morgan fingerprint density at radius 3 is 2.70 bits per heavy atom. The van der Waals surface area contributed by atoms with E-state index >= 15 is 0 Å². The number of rotatable bonds is 4. The third-order valence-electron chi connectivity index (χ3n) is 3.45. The van der Waals surface area contributed by atoms with Gasteiger partial charge in [-0.1, -0.05) is 36.4 Å². The molecule has 0 saturated heterocycles. The molecule has 0 aliphatic heterocycles. The van der Waals surface area contributed by atoms with Crippen molar-refractivity contribution in [2.75, 3.05) is 7.11 Å². The molecule has 0 amide bonds. The van der Waals surface area contributed by atoms with Crippen LogP contribution in [0.3, 0.4) is 0 Å². The zero-order chi connectivity index (χ0) is 16.2. The quantitative estimate of drug-likeness (QED) is 0.532. The van der Waals surface area contributed by atoms with E-state index in [9.17, 15) is 10.1 Å². The van der Waals surface area contributed by atoms with Gasteiger partial charge in [0.25, 0.3) is 5.69 Å². The molecule has 0 bridgehead atoms. The topological polar surface area (TPSA) is 65.3 Å². The molecule has 114 valence electrons. The maximum atomic E-state index is 10.8. The van der Waals surface area contributed by atoms with E-state index in [1.54, 1.807) is 19.3 Å². The average Bonchev–Trinajstić information content (AvgIpc) is 2.59. The predicted molar refractivity (Wildman–Crippen MR) is 90.3 cm³/mol. The summed E-state index contributed by atoms with van der Waals surface area (Å²) in [6, 6.07) is 16.1. The summed E-state index contributed by atoms with van der Waals surface area (Å²) < 4.78 is 5.33. The van der Waals surface area contributed by atoms with Gasteiger partial charge in [0.15, 0.2) is 0 Å². The van der Waals surface area contributed by atoms with Crippen LogP contribution in [-0.2, 0) is 0 Å². The predicted octanol–water partition coefficient (Wildman–Crippen LogP) is 4.32. The van der Waals surface area contributed by atoms with Crippen LogP contribution < -0.4 is 4.74 Å². The molecule has 1 aromatic heterocycles. The van der Waals surface area contributed by atoms with Crippen molar-refractivity contribution in [3.05, 3.63) is 76.0 Å². The van der Waals surface area contributed by atoms with Gasteiger partial charge in [-0.3, -0.25) is 10.1 Å². The van der Waals surface area contributed by atoms with Crippen molar-refractivity contribution < 1.29 is 9.66 Å². The zero-order valence-electron chi connectivity index (χ0n) is 12.5. The summed E-state index contributed by atoms with van der Waals surface area (Å²) in [7, 11) is 1.61. The van der Waals surface area contributed by atoms with E-state index in [-0.39, 0.29) is 5.69 Å². The summed E-state index contributed by atoms with van der Waals surface area (Å²) in [4.78, 5) is 15.0. The van der Waals surface area contributed by atoms with Crippen molar-refractivity contribution >= 4 is 28.7 Å². The number of non-ortho nitro benzene ring substituents is 1. The molecule has 3 aromatic rings. The molecule has 0 aliphatic carbocycles.